The zero-order valence-corrected chi connectivity index (χ0v) is 14.8. The molecule has 0 saturated heterocycles. The lowest BCUT2D eigenvalue weighted by molar-refractivity contribution is -0.145. The topological polar surface area (TPSA) is 73.2 Å². The molecule has 0 unspecified atom stereocenters. The molecular formula is C19H22FN3O3. The summed E-state index contributed by atoms with van der Waals surface area (Å²) in [7, 11) is 0. The van der Waals surface area contributed by atoms with Crippen LogP contribution in [0.3, 0.4) is 0 Å². The van der Waals surface area contributed by atoms with E-state index in [0.717, 1.165) is 41.9 Å². The van der Waals surface area contributed by atoms with Crippen molar-refractivity contribution >= 4 is 11.9 Å². The first-order valence-corrected chi connectivity index (χ1v) is 8.80. The lowest BCUT2D eigenvalue weighted by Crippen LogP contribution is -2.21. The first-order chi connectivity index (χ1) is 12.5. The number of nitrogens with zero attached hydrogens (tertiary/aromatic N) is 2. The van der Waals surface area contributed by atoms with Gasteiger partial charge in [-0.2, -0.15) is 5.10 Å². The minimum absolute atomic E-state index is 0.111. The second-order valence-electron chi connectivity index (χ2n) is 6.36. The van der Waals surface area contributed by atoms with Crippen LogP contribution >= 0.6 is 0 Å². The van der Waals surface area contributed by atoms with E-state index in [9.17, 15) is 14.0 Å². The number of carbonyl (C=O) groups excluding carboxylic acids is 2. The summed E-state index contributed by atoms with van der Waals surface area (Å²) < 4.78 is 20.3. The van der Waals surface area contributed by atoms with E-state index in [-0.39, 0.29) is 30.7 Å². The summed E-state index contributed by atoms with van der Waals surface area (Å²) in [6.07, 6.45) is 3.64. The van der Waals surface area contributed by atoms with Crippen LogP contribution in [0.4, 0.5) is 4.39 Å². The summed E-state index contributed by atoms with van der Waals surface area (Å²) in [6.45, 7) is 2.03. The van der Waals surface area contributed by atoms with Gasteiger partial charge >= 0.3 is 5.97 Å². The predicted octanol–water partition coefficient (Wildman–Crippen LogP) is 2.46. The third-order valence-corrected chi connectivity index (χ3v) is 4.39. The number of fused-ring (bicyclic) bond motifs is 1. The van der Waals surface area contributed by atoms with Crippen LogP contribution < -0.4 is 5.32 Å². The Labute approximate surface area is 151 Å². The molecule has 7 heteroatoms. The molecule has 1 aliphatic rings. The summed E-state index contributed by atoms with van der Waals surface area (Å²) in [5.74, 6) is -0.704. The van der Waals surface area contributed by atoms with E-state index in [1.807, 2.05) is 4.68 Å². The number of hydrogen-bond acceptors (Lipinski definition) is 4. The van der Waals surface area contributed by atoms with Gasteiger partial charge in [-0.25, -0.2) is 9.07 Å². The first kappa shape index (κ1) is 18.1. The Bertz CT molecular complexity index is 799. The number of esters is 1. The number of ether oxygens (including phenoxy) is 1. The molecule has 0 radical (unpaired) electrons. The molecule has 0 atom stereocenters. The van der Waals surface area contributed by atoms with Crippen LogP contribution in [0.25, 0.3) is 5.69 Å². The summed E-state index contributed by atoms with van der Waals surface area (Å²) in [5.41, 5.74) is 3.79. The van der Waals surface area contributed by atoms with E-state index < -0.39 is 0 Å². The van der Waals surface area contributed by atoms with Gasteiger partial charge in [0.15, 0.2) is 0 Å². The zero-order valence-electron chi connectivity index (χ0n) is 14.8. The van der Waals surface area contributed by atoms with Crippen molar-refractivity contribution in [3.63, 3.8) is 0 Å². The van der Waals surface area contributed by atoms with Crippen molar-refractivity contribution in [1.82, 2.24) is 15.1 Å². The second-order valence-corrected chi connectivity index (χ2v) is 6.36. The van der Waals surface area contributed by atoms with Crippen molar-refractivity contribution in [2.75, 3.05) is 6.54 Å². The highest BCUT2D eigenvalue weighted by molar-refractivity contribution is 5.73. The number of rotatable bonds is 7. The highest BCUT2D eigenvalue weighted by atomic mass is 19.1. The molecule has 1 aromatic heterocycles. The molecule has 0 bridgehead atoms. The number of carbonyl (C=O) groups is 2. The first-order valence-electron chi connectivity index (χ1n) is 8.80. The Morgan fingerprint density at radius 1 is 1.27 bits per heavy atom. The standard InChI is InChI=1S/C19H22FN3O3/c1-13(24)21-11-3-6-19(25)26-12-17-16-4-2-5-18(16)23(22-17)15-9-7-14(20)8-10-15/h7-10H,2-6,11-12H2,1H3,(H,21,24). The van der Waals surface area contributed by atoms with E-state index in [4.69, 9.17) is 4.74 Å². The fourth-order valence-electron chi connectivity index (χ4n) is 3.14. The monoisotopic (exact) mass is 359 g/mol. The van der Waals surface area contributed by atoms with Crippen molar-refractivity contribution in [3.05, 3.63) is 47.0 Å². The maximum Gasteiger partial charge on any atom is 0.306 e. The van der Waals surface area contributed by atoms with Gasteiger partial charge in [-0.15, -0.1) is 0 Å². The Hall–Kier alpha value is -2.70. The molecule has 6 nitrogen and oxygen atoms in total. The zero-order chi connectivity index (χ0) is 18.5. The molecule has 0 fully saturated rings. The Morgan fingerprint density at radius 2 is 2.04 bits per heavy atom. The number of halogens is 1. The van der Waals surface area contributed by atoms with Crippen molar-refractivity contribution in [2.45, 2.75) is 45.6 Å². The number of amides is 1. The SMILES string of the molecule is CC(=O)NCCCC(=O)OCc1nn(-c2ccc(F)cc2)c2c1CCC2. The minimum atomic E-state index is -0.307. The molecule has 26 heavy (non-hydrogen) atoms. The van der Waals surface area contributed by atoms with Crippen LogP contribution in [-0.2, 0) is 33.8 Å². The van der Waals surface area contributed by atoms with Gasteiger partial charge in [-0.3, -0.25) is 9.59 Å². The maximum absolute atomic E-state index is 13.2. The lowest BCUT2D eigenvalue weighted by atomic mass is 10.2. The van der Waals surface area contributed by atoms with Gasteiger partial charge < -0.3 is 10.1 Å². The number of hydrogen-bond donors (Lipinski definition) is 1. The largest absolute Gasteiger partial charge is 0.459 e. The molecule has 0 aliphatic heterocycles. The van der Waals surface area contributed by atoms with Crippen LogP contribution in [0, 0.1) is 5.82 Å². The van der Waals surface area contributed by atoms with Gasteiger partial charge in [0.1, 0.15) is 18.1 Å². The highest BCUT2D eigenvalue weighted by Crippen LogP contribution is 2.28. The van der Waals surface area contributed by atoms with Gasteiger partial charge in [-0.05, 0) is 49.9 Å². The normalized spacial score (nSPS) is 12.7. The van der Waals surface area contributed by atoms with Crippen molar-refractivity contribution in [2.24, 2.45) is 0 Å². The van der Waals surface area contributed by atoms with Gasteiger partial charge in [0.25, 0.3) is 0 Å². The molecule has 138 valence electrons. The quantitative estimate of drug-likeness (QED) is 0.609. The van der Waals surface area contributed by atoms with Crippen LogP contribution in [0.1, 0.15) is 43.1 Å². The summed E-state index contributed by atoms with van der Waals surface area (Å²) in [5, 5.41) is 7.23. The minimum Gasteiger partial charge on any atom is -0.459 e. The fourth-order valence-corrected chi connectivity index (χ4v) is 3.14. The average molecular weight is 359 g/mol. The van der Waals surface area contributed by atoms with Crippen LogP contribution in [0.2, 0.25) is 0 Å². The molecule has 0 saturated carbocycles. The molecule has 3 rings (SSSR count). The molecule has 0 spiro atoms. The van der Waals surface area contributed by atoms with E-state index >= 15 is 0 Å². The van der Waals surface area contributed by atoms with Gasteiger partial charge in [0.05, 0.1) is 5.69 Å². The molecule has 1 N–H and O–H groups in total. The Morgan fingerprint density at radius 3 is 2.77 bits per heavy atom. The highest BCUT2D eigenvalue weighted by Gasteiger charge is 2.23. The molecule has 1 aromatic carbocycles. The number of nitrogens with one attached hydrogen (secondary N) is 1. The van der Waals surface area contributed by atoms with Gasteiger partial charge in [0.2, 0.25) is 5.91 Å². The van der Waals surface area contributed by atoms with E-state index in [0.29, 0.717) is 13.0 Å². The molecule has 1 aliphatic carbocycles. The summed E-state index contributed by atoms with van der Waals surface area (Å²) in [4.78, 5) is 22.7. The van der Waals surface area contributed by atoms with E-state index in [2.05, 4.69) is 10.4 Å². The molecule has 2 aromatic rings. The summed E-state index contributed by atoms with van der Waals surface area (Å²) in [6, 6.07) is 6.21. The molecule has 1 heterocycles. The third kappa shape index (κ3) is 4.28. The predicted molar refractivity (Wildman–Crippen MR) is 93.3 cm³/mol. The van der Waals surface area contributed by atoms with Crippen molar-refractivity contribution in [1.29, 1.82) is 0 Å². The van der Waals surface area contributed by atoms with Gasteiger partial charge in [0, 0.05) is 31.1 Å². The van der Waals surface area contributed by atoms with Crippen molar-refractivity contribution in [3.8, 4) is 5.69 Å². The number of benzene rings is 1. The van der Waals surface area contributed by atoms with Crippen LogP contribution in [0.5, 0.6) is 0 Å². The van der Waals surface area contributed by atoms with E-state index in [1.54, 1.807) is 12.1 Å². The average Bonchev–Trinajstić information content (AvgIpc) is 3.20. The Balaban J connectivity index is 1.62. The van der Waals surface area contributed by atoms with Gasteiger partial charge in [-0.1, -0.05) is 0 Å². The maximum atomic E-state index is 13.2. The molecule has 1 amide bonds. The molecular weight excluding hydrogens is 337 g/mol. The number of aromatic nitrogens is 2. The smallest absolute Gasteiger partial charge is 0.306 e. The van der Waals surface area contributed by atoms with Crippen molar-refractivity contribution < 1.29 is 18.7 Å². The third-order valence-electron chi connectivity index (χ3n) is 4.39. The lowest BCUT2D eigenvalue weighted by Gasteiger charge is -2.06. The Kier molecular flexibility index (Phi) is 5.65. The second kappa shape index (κ2) is 8.12. The summed E-state index contributed by atoms with van der Waals surface area (Å²) >= 11 is 0. The van der Waals surface area contributed by atoms with Crippen LogP contribution in [0.15, 0.2) is 24.3 Å². The van der Waals surface area contributed by atoms with E-state index in [1.165, 1.54) is 19.1 Å². The fraction of sp³-hybridized carbons (Fsp3) is 0.421. The van der Waals surface area contributed by atoms with Crippen LogP contribution in [-0.4, -0.2) is 28.2 Å².